The molecular formula is C10H18N4. The molecule has 1 aliphatic heterocycles. The Morgan fingerprint density at radius 2 is 2.14 bits per heavy atom. The van der Waals surface area contributed by atoms with Gasteiger partial charge in [-0.3, -0.25) is 9.58 Å². The lowest BCUT2D eigenvalue weighted by molar-refractivity contribution is 0.228. The molecule has 0 aliphatic carbocycles. The highest BCUT2D eigenvalue weighted by Crippen LogP contribution is 2.06. The van der Waals surface area contributed by atoms with Crippen molar-refractivity contribution < 1.29 is 0 Å². The molecule has 0 atom stereocenters. The summed E-state index contributed by atoms with van der Waals surface area (Å²) in [5.41, 5.74) is 2.42. The van der Waals surface area contributed by atoms with Gasteiger partial charge in [0.05, 0.1) is 11.4 Å². The fraction of sp³-hybridized carbons (Fsp3) is 0.700. The van der Waals surface area contributed by atoms with E-state index < -0.39 is 0 Å². The first kappa shape index (κ1) is 9.68. The molecule has 1 aromatic heterocycles. The molecule has 4 nitrogen and oxygen atoms in total. The number of nitrogens with one attached hydrogen (secondary N) is 1. The maximum absolute atomic E-state index is 4.35. The monoisotopic (exact) mass is 194 g/mol. The van der Waals surface area contributed by atoms with Gasteiger partial charge in [-0.25, -0.2) is 0 Å². The Morgan fingerprint density at radius 1 is 1.43 bits per heavy atom. The van der Waals surface area contributed by atoms with Crippen LogP contribution in [0.4, 0.5) is 0 Å². The second-order valence-electron chi connectivity index (χ2n) is 3.93. The Balaban J connectivity index is 1.98. The van der Waals surface area contributed by atoms with Crippen molar-refractivity contribution in [3.63, 3.8) is 0 Å². The number of hydrogen-bond donors (Lipinski definition) is 1. The van der Waals surface area contributed by atoms with Crippen LogP contribution in [0.3, 0.4) is 0 Å². The summed E-state index contributed by atoms with van der Waals surface area (Å²) < 4.78 is 1.98. The topological polar surface area (TPSA) is 33.1 Å². The molecule has 0 aromatic carbocycles. The quantitative estimate of drug-likeness (QED) is 0.726. The summed E-state index contributed by atoms with van der Waals surface area (Å²) in [6, 6.07) is 2.17. The lowest BCUT2D eigenvalue weighted by Crippen LogP contribution is -2.43. The van der Waals surface area contributed by atoms with Crippen LogP contribution in [0.5, 0.6) is 0 Å². The fourth-order valence-corrected chi connectivity index (χ4v) is 1.91. The predicted molar refractivity (Wildman–Crippen MR) is 56.1 cm³/mol. The van der Waals surface area contributed by atoms with E-state index in [1.54, 1.807) is 0 Å². The summed E-state index contributed by atoms with van der Waals surface area (Å²) in [6.07, 6.45) is 0. The first-order valence-electron chi connectivity index (χ1n) is 5.18. The van der Waals surface area contributed by atoms with Crippen LogP contribution in [-0.4, -0.2) is 40.9 Å². The van der Waals surface area contributed by atoms with E-state index in [1.165, 1.54) is 5.69 Å². The molecule has 0 bridgehead atoms. The van der Waals surface area contributed by atoms with Crippen LogP contribution in [0.15, 0.2) is 6.07 Å². The summed E-state index contributed by atoms with van der Waals surface area (Å²) >= 11 is 0. The number of aromatic nitrogens is 2. The molecule has 1 aromatic rings. The highest BCUT2D eigenvalue weighted by atomic mass is 15.3. The Labute approximate surface area is 84.9 Å². The van der Waals surface area contributed by atoms with Crippen molar-refractivity contribution in [2.24, 2.45) is 7.05 Å². The fourth-order valence-electron chi connectivity index (χ4n) is 1.91. The van der Waals surface area contributed by atoms with Crippen molar-refractivity contribution in [3.05, 3.63) is 17.5 Å². The zero-order chi connectivity index (χ0) is 9.97. The molecule has 0 spiro atoms. The maximum atomic E-state index is 4.35. The zero-order valence-corrected chi connectivity index (χ0v) is 8.95. The minimum absolute atomic E-state index is 1.03. The minimum Gasteiger partial charge on any atom is -0.314 e. The summed E-state index contributed by atoms with van der Waals surface area (Å²) in [4.78, 5) is 2.47. The average Bonchev–Trinajstić information content (AvgIpc) is 2.47. The van der Waals surface area contributed by atoms with Gasteiger partial charge in [0.1, 0.15) is 0 Å². The Bertz CT molecular complexity index is 299. The summed E-state index contributed by atoms with van der Waals surface area (Å²) in [7, 11) is 2.02. The van der Waals surface area contributed by atoms with E-state index in [1.807, 2.05) is 18.7 Å². The minimum atomic E-state index is 1.03. The van der Waals surface area contributed by atoms with Crippen LogP contribution in [0.2, 0.25) is 0 Å². The van der Waals surface area contributed by atoms with Gasteiger partial charge in [0.2, 0.25) is 0 Å². The Morgan fingerprint density at radius 3 is 2.71 bits per heavy atom. The van der Waals surface area contributed by atoms with Gasteiger partial charge in [0.15, 0.2) is 0 Å². The molecule has 0 unspecified atom stereocenters. The molecule has 78 valence electrons. The molecule has 2 rings (SSSR count). The second-order valence-corrected chi connectivity index (χ2v) is 3.93. The van der Waals surface area contributed by atoms with Gasteiger partial charge in [-0.1, -0.05) is 0 Å². The molecular weight excluding hydrogens is 176 g/mol. The number of hydrogen-bond acceptors (Lipinski definition) is 3. The highest BCUT2D eigenvalue weighted by Gasteiger charge is 2.11. The first-order valence-corrected chi connectivity index (χ1v) is 5.18. The smallest absolute Gasteiger partial charge is 0.0597 e. The third-order valence-corrected chi connectivity index (χ3v) is 2.69. The summed E-state index contributed by atoms with van der Waals surface area (Å²) in [6.45, 7) is 7.57. The second kappa shape index (κ2) is 4.11. The van der Waals surface area contributed by atoms with Gasteiger partial charge >= 0.3 is 0 Å². The van der Waals surface area contributed by atoms with Crippen LogP contribution < -0.4 is 5.32 Å². The Kier molecular flexibility index (Phi) is 2.84. The van der Waals surface area contributed by atoms with E-state index in [2.05, 4.69) is 21.4 Å². The molecule has 1 aliphatic rings. The first-order chi connectivity index (χ1) is 6.75. The van der Waals surface area contributed by atoms with Crippen LogP contribution >= 0.6 is 0 Å². The molecule has 1 saturated heterocycles. The maximum Gasteiger partial charge on any atom is 0.0597 e. The van der Waals surface area contributed by atoms with Gasteiger partial charge in [0, 0.05) is 39.8 Å². The molecule has 0 amide bonds. The van der Waals surface area contributed by atoms with Crippen molar-refractivity contribution in [1.82, 2.24) is 20.0 Å². The van der Waals surface area contributed by atoms with E-state index in [0.717, 1.165) is 38.4 Å². The molecule has 1 fully saturated rings. The van der Waals surface area contributed by atoms with Gasteiger partial charge in [0.25, 0.3) is 0 Å². The van der Waals surface area contributed by atoms with Crippen LogP contribution in [0.1, 0.15) is 11.4 Å². The largest absolute Gasteiger partial charge is 0.314 e. The molecule has 0 saturated carbocycles. The third kappa shape index (κ3) is 2.13. The van der Waals surface area contributed by atoms with Gasteiger partial charge < -0.3 is 5.32 Å². The number of aryl methyl sites for hydroxylation is 2. The summed E-state index contributed by atoms with van der Waals surface area (Å²) in [5, 5.41) is 7.71. The van der Waals surface area contributed by atoms with Crippen molar-refractivity contribution >= 4 is 0 Å². The van der Waals surface area contributed by atoms with Crippen LogP contribution in [0.25, 0.3) is 0 Å². The van der Waals surface area contributed by atoms with Crippen molar-refractivity contribution in [2.75, 3.05) is 26.2 Å². The number of nitrogens with zero attached hydrogens (tertiary/aromatic N) is 3. The van der Waals surface area contributed by atoms with E-state index >= 15 is 0 Å². The average molecular weight is 194 g/mol. The van der Waals surface area contributed by atoms with Gasteiger partial charge in [-0.05, 0) is 13.0 Å². The third-order valence-electron chi connectivity index (χ3n) is 2.69. The van der Waals surface area contributed by atoms with Crippen molar-refractivity contribution in [2.45, 2.75) is 13.5 Å². The van der Waals surface area contributed by atoms with Gasteiger partial charge in [-0.2, -0.15) is 5.10 Å². The van der Waals surface area contributed by atoms with Crippen molar-refractivity contribution in [1.29, 1.82) is 0 Å². The highest BCUT2D eigenvalue weighted by molar-refractivity contribution is 5.08. The zero-order valence-electron chi connectivity index (χ0n) is 8.95. The lowest BCUT2D eigenvalue weighted by atomic mass is 10.3. The molecule has 2 heterocycles. The van der Waals surface area contributed by atoms with Crippen LogP contribution in [-0.2, 0) is 13.6 Å². The number of rotatable bonds is 2. The van der Waals surface area contributed by atoms with E-state index in [9.17, 15) is 0 Å². The molecule has 0 radical (unpaired) electrons. The number of piperazine rings is 1. The SMILES string of the molecule is Cc1cc(CN2CCNCC2)n(C)n1. The van der Waals surface area contributed by atoms with Crippen molar-refractivity contribution in [3.8, 4) is 0 Å². The van der Waals surface area contributed by atoms with E-state index in [-0.39, 0.29) is 0 Å². The van der Waals surface area contributed by atoms with E-state index in [0.29, 0.717) is 0 Å². The van der Waals surface area contributed by atoms with E-state index in [4.69, 9.17) is 0 Å². The van der Waals surface area contributed by atoms with Crippen LogP contribution in [0, 0.1) is 6.92 Å². The standard InChI is InChI=1S/C10H18N4/c1-9-7-10(13(2)12-9)8-14-5-3-11-4-6-14/h7,11H,3-6,8H2,1-2H3. The predicted octanol–water partition coefficient (Wildman–Crippen LogP) is 0.134. The lowest BCUT2D eigenvalue weighted by Gasteiger charge is -2.26. The summed E-state index contributed by atoms with van der Waals surface area (Å²) in [5.74, 6) is 0. The molecule has 4 heteroatoms. The molecule has 14 heavy (non-hydrogen) atoms. The molecule has 1 N–H and O–H groups in total. The normalized spacial score (nSPS) is 18.7. The Hall–Kier alpha value is -0.870. The van der Waals surface area contributed by atoms with Gasteiger partial charge in [-0.15, -0.1) is 0 Å².